The summed E-state index contributed by atoms with van der Waals surface area (Å²) in [4.78, 5) is 13.9. The zero-order valence-electron chi connectivity index (χ0n) is 12.3. The molecule has 0 heterocycles. The Morgan fingerprint density at radius 2 is 1.95 bits per heavy atom. The molecule has 1 aromatic carbocycles. The number of amides is 1. The summed E-state index contributed by atoms with van der Waals surface area (Å²) in [7, 11) is 0. The van der Waals surface area contributed by atoms with Crippen LogP contribution in [-0.4, -0.2) is 23.6 Å². The van der Waals surface area contributed by atoms with E-state index < -0.39 is 0 Å². The molecule has 1 amide bonds. The highest BCUT2D eigenvalue weighted by atomic mass is 16.6. The maximum absolute atomic E-state index is 12.2. The van der Waals surface area contributed by atoms with E-state index in [0.717, 1.165) is 5.56 Å². The van der Waals surface area contributed by atoms with Crippen molar-refractivity contribution in [3.05, 3.63) is 61.2 Å². The molecule has 0 saturated carbocycles. The third-order valence-electron chi connectivity index (χ3n) is 3.05. The lowest BCUT2D eigenvalue weighted by Crippen LogP contribution is -2.42. The smallest absolute Gasteiger partial charge is 0.410 e. The van der Waals surface area contributed by atoms with Crippen LogP contribution in [0.25, 0.3) is 0 Å². The average molecular weight is 273 g/mol. The van der Waals surface area contributed by atoms with Gasteiger partial charge in [-0.15, -0.1) is 13.2 Å². The molecular formula is C17H23NO2. The SMILES string of the molecule is C=CCN(C(=O)OCc1ccccc1)[C@H](C=C)C(C)C. The molecule has 3 nitrogen and oxygen atoms in total. The minimum atomic E-state index is -0.340. The van der Waals surface area contributed by atoms with E-state index in [9.17, 15) is 4.79 Å². The van der Waals surface area contributed by atoms with Gasteiger partial charge in [0.05, 0.1) is 6.04 Å². The van der Waals surface area contributed by atoms with Gasteiger partial charge in [-0.2, -0.15) is 0 Å². The van der Waals surface area contributed by atoms with Crippen LogP contribution in [0.4, 0.5) is 4.79 Å². The van der Waals surface area contributed by atoms with Gasteiger partial charge in [-0.1, -0.05) is 56.3 Å². The summed E-state index contributed by atoms with van der Waals surface area (Å²) in [5.41, 5.74) is 0.971. The zero-order chi connectivity index (χ0) is 15.0. The first kappa shape index (κ1) is 16.0. The van der Waals surface area contributed by atoms with Crippen LogP contribution < -0.4 is 0 Å². The minimum absolute atomic E-state index is 0.0590. The Morgan fingerprint density at radius 3 is 2.45 bits per heavy atom. The van der Waals surface area contributed by atoms with Gasteiger partial charge in [-0.3, -0.25) is 4.90 Å². The maximum Gasteiger partial charge on any atom is 0.410 e. The lowest BCUT2D eigenvalue weighted by Gasteiger charge is -2.30. The first-order chi connectivity index (χ1) is 9.60. The van der Waals surface area contributed by atoms with Gasteiger partial charge in [-0.25, -0.2) is 4.79 Å². The van der Waals surface area contributed by atoms with Crippen LogP contribution in [-0.2, 0) is 11.3 Å². The van der Waals surface area contributed by atoms with Crippen molar-refractivity contribution in [2.75, 3.05) is 6.54 Å². The largest absolute Gasteiger partial charge is 0.445 e. The summed E-state index contributed by atoms with van der Waals surface area (Å²) < 4.78 is 5.37. The number of benzene rings is 1. The van der Waals surface area contributed by atoms with Gasteiger partial charge < -0.3 is 4.74 Å². The van der Waals surface area contributed by atoms with Crippen molar-refractivity contribution in [1.29, 1.82) is 0 Å². The Morgan fingerprint density at radius 1 is 1.30 bits per heavy atom. The number of hydrogen-bond donors (Lipinski definition) is 0. The van der Waals surface area contributed by atoms with Crippen molar-refractivity contribution in [3.63, 3.8) is 0 Å². The number of rotatable bonds is 7. The van der Waals surface area contributed by atoms with Gasteiger partial charge in [0.1, 0.15) is 6.61 Å². The molecule has 0 radical (unpaired) electrons. The van der Waals surface area contributed by atoms with E-state index in [0.29, 0.717) is 6.54 Å². The summed E-state index contributed by atoms with van der Waals surface area (Å²) in [5, 5.41) is 0. The Bertz CT molecular complexity index is 440. The van der Waals surface area contributed by atoms with E-state index in [1.165, 1.54) is 0 Å². The van der Waals surface area contributed by atoms with Crippen molar-refractivity contribution >= 4 is 6.09 Å². The quantitative estimate of drug-likeness (QED) is 0.702. The molecule has 0 spiro atoms. The van der Waals surface area contributed by atoms with E-state index in [4.69, 9.17) is 4.74 Å². The number of carbonyl (C=O) groups excluding carboxylic acids is 1. The fourth-order valence-corrected chi connectivity index (χ4v) is 2.02. The molecular weight excluding hydrogens is 250 g/mol. The summed E-state index contributed by atoms with van der Waals surface area (Å²) in [6.45, 7) is 12.3. The fraction of sp³-hybridized carbons (Fsp3) is 0.353. The van der Waals surface area contributed by atoms with E-state index in [1.807, 2.05) is 44.2 Å². The van der Waals surface area contributed by atoms with Crippen LogP contribution in [0, 0.1) is 5.92 Å². The molecule has 0 N–H and O–H groups in total. The first-order valence-electron chi connectivity index (χ1n) is 6.81. The number of hydrogen-bond acceptors (Lipinski definition) is 2. The molecule has 0 aromatic heterocycles. The lowest BCUT2D eigenvalue weighted by atomic mass is 10.0. The van der Waals surface area contributed by atoms with Gasteiger partial charge in [0.2, 0.25) is 0 Å². The number of carbonyl (C=O) groups is 1. The molecule has 0 unspecified atom stereocenters. The van der Waals surface area contributed by atoms with Gasteiger partial charge in [0.15, 0.2) is 0 Å². The molecule has 108 valence electrons. The topological polar surface area (TPSA) is 29.5 Å². The monoisotopic (exact) mass is 273 g/mol. The highest BCUT2D eigenvalue weighted by molar-refractivity contribution is 5.68. The molecule has 0 bridgehead atoms. The zero-order valence-corrected chi connectivity index (χ0v) is 12.3. The molecule has 0 fully saturated rings. The molecule has 0 saturated heterocycles. The third kappa shape index (κ3) is 4.57. The second-order valence-corrected chi connectivity index (χ2v) is 4.95. The average Bonchev–Trinajstić information content (AvgIpc) is 2.45. The van der Waals surface area contributed by atoms with E-state index in [2.05, 4.69) is 13.2 Å². The lowest BCUT2D eigenvalue weighted by molar-refractivity contribution is 0.0849. The summed E-state index contributed by atoms with van der Waals surface area (Å²) >= 11 is 0. The van der Waals surface area contributed by atoms with Crippen LogP contribution in [0.3, 0.4) is 0 Å². The maximum atomic E-state index is 12.2. The van der Waals surface area contributed by atoms with Gasteiger partial charge in [0, 0.05) is 6.54 Å². The van der Waals surface area contributed by atoms with Crippen molar-refractivity contribution < 1.29 is 9.53 Å². The minimum Gasteiger partial charge on any atom is -0.445 e. The fourth-order valence-electron chi connectivity index (χ4n) is 2.02. The third-order valence-corrected chi connectivity index (χ3v) is 3.05. The first-order valence-corrected chi connectivity index (χ1v) is 6.81. The van der Waals surface area contributed by atoms with Crippen LogP contribution in [0.1, 0.15) is 19.4 Å². The summed E-state index contributed by atoms with van der Waals surface area (Å²) in [6, 6.07) is 9.58. The van der Waals surface area contributed by atoms with E-state index in [1.54, 1.807) is 17.1 Å². The van der Waals surface area contributed by atoms with Crippen molar-refractivity contribution in [3.8, 4) is 0 Å². The van der Waals surface area contributed by atoms with Crippen LogP contribution in [0.5, 0.6) is 0 Å². The van der Waals surface area contributed by atoms with Gasteiger partial charge >= 0.3 is 6.09 Å². The Balaban J connectivity index is 2.69. The molecule has 3 heteroatoms. The Labute approximate surface area is 121 Å². The Kier molecular flexibility index (Phi) is 6.57. The van der Waals surface area contributed by atoms with Crippen molar-refractivity contribution in [2.24, 2.45) is 5.92 Å². The summed E-state index contributed by atoms with van der Waals surface area (Å²) in [6.07, 6.45) is 3.13. The molecule has 0 aliphatic heterocycles. The van der Waals surface area contributed by atoms with Crippen LogP contribution in [0.2, 0.25) is 0 Å². The standard InChI is InChI=1S/C17H23NO2/c1-5-12-18(16(6-2)14(3)4)17(19)20-13-15-10-8-7-9-11-15/h5-11,14,16H,1-2,12-13H2,3-4H3/t16-/m1/s1. The predicted octanol–water partition coefficient (Wildman–Crippen LogP) is 4.02. The summed E-state index contributed by atoms with van der Waals surface area (Å²) in [5.74, 6) is 0.275. The highest BCUT2D eigenvalue weighted by Gasteiger charge is 2.24. The molecule has 0 aliphatic rings. The van der Waals surface area contributed by atoms with Crippen LogP contribution in [0.15, 0.2) is 55.6 Å². The van der Waals surface area contributed by atoms with E-state index in [-0.39, 0.29) is 24.7 Å². The second-order valence-electron chi connectivity index (χ2n) is 4.95. The second kappa shape index (κ2) is 8.20. The van der Waals surface area contributed by atoms with Gasteiger partial charge in [0.25, 0.3) is 0 Å². The molecule has 1 rings (SSSR count). The van der Waals surface area contributed by atoms with Crippen LogP contribution >= 0.6 is 0 Å². The molecule has 1 atom stereocenters. The molecule has 1 aromatic rings. The number of nitrogens with zero attached hydrogens (tertiary/aromatic N) is 1. The normalized spacial score (nSPS) is 11.8. The Hall–Kier alpha value is -2.03. The van der Waals surface area contributed by atoms with Gasteiger partial charge in [-0.05, 0) is 11.5 Å². The van der Waals surface area contributed by atoms with E-state index >= 15 is 0 Å². The van der Waals surface area contributed by atoms with Crippen molar-refractivity contribution in [2.45, 2.75) is 26.5 Å². The van der Waals surface area contributed by atoms with Crippen molar-refractivity contribution in [1.82, 2.24) is 4.90 Å². The molecule has 0 aliphatic carbocycles. The highest BCUT2D eigenvalue weighted by Crippen LogP contribution is 2.14. The predicted molar refractivity (Wildman–Crippen MR) is 82.4 cm³/mol. The number of ether oxygens (including phenoxy) is 1. The molecule has 20 heavy (non-hydrogen) atoms.